The summed E-state index contributed by atoms with van der Waals surface area (Å²) in [5, 5.41) is 12.2. The van der Waals surface area contributed by atoms with Gasteiger partial charge in [-0.1, -0.05) is 18.7 Å². The second kappa shape index (κ2) is 10.5. The van der Waals surface area contributed by atoms with Gasteiger partial charge in [0.1, 0.15) is 5.82 Å². The molecular weight excluding hydrogens is 351 g/mol. The molecule has 152 valence electrons. The zero-order valence-corrected chi connectivity index (χ0v) is 16.9. The molecule has 1 aromatic rings. The second-order valence-electron chi connectivity index (χ2n) is 8.19. The first-order valence-corrected chi connectivity index (χ1v) is 10.7. The van der Waals surface area contributed by atoms with E-state index in [1.165, 1.54) is 32.1 Å². The van der Waals surface area contributed by atoms with E-state index in [0.717, 1.165) is 56.4 Å². The third-order valence-corrected chi connectivity index (χ3v) is 6.21. The Labute approximate surface area is 169 Å². The van der Waals surface area contributed by atoms with Gasteiger partial charge in [-0.15, -0.1) is 0 Å². The number of rotatable bonds is 8. The monoisotopic (exact) mass is 384 g/mol. The molecule has 0 unspecified atom stereocenters. The van der Waals surface area contributed by atoms with E-state index in [1.54, 1.807) is 12.1 Å². The molecule has 2 fully saturated rings. The van der Waals surface area contributed by atoms with Crippen molar-refractivity contribution in [3.05, 3.63) is 42.4 Å². The van der Waals surface area contributed by atoms with E-state index in [0.29, 0.717) is 12.5 Å². The third-order valence-electron chi connectivity index (χ3n) is 6.21. The van der Waals surface area contributed by atoms with Crippen molar-refractivity contribution in [3.8, 4) is 6.07 Å². The molecule has 0 bridgehead atoms. The summed E-state index contributed by atoms with van der Waals surface area (Å²) in [6.45, 7) is 9.04. The van der Waals surface area contributed by atoms with E-state index < -0.39 is 0 Å². The largest absolute Gasteiger partial charge is 0.386 e. The van der Waals surface area contributed by atoms with Crippen molar-refractivity contribution in [1.82, 2.24) is 10.2 Å². The van der Waals surface area contributed by atoms with Crippen molar-refractivity contribution < 1.29 is 4.39 Å². The molecule has 1 N–H and O–H groups in total. The molecule has 1 saturated heterocycles. The minimum Gasteiger partial charge on any atom is -0.386 e. The highest BCUT2D eigenvalue weighted by Crippen LogP contribution is 2.28. The van der Waals surface area contributed by atoms with Crippen LogP contribution in [0.25, 0.3) is 0 Å². The van der Waals surface area contributed by atoms with Crippen LogP contribution < -0.4 is 10.2 Å². The maximum Gasteiger partial charge on any atom is 0.146 e. The molecule has 1 aliphatic carbocycles. The lowest BCUT2D eigenvalue weighted by Gasteiger charge is -2.37. The summed E-state index contributed by atoms with van der Waals surface area (Å²) in [5.74, 6) is 0.701. The van der Waals surface area contributed by atoms with Gasteiger partial charge in [-0.2, -0.15) is 5.26 Å². The molecular formula is C23H33FN4. The molecule has 0 spiro atoms. The predicted molar refractivity (Wildman–Crippen MR) is 113 cm³/mol. The first-order valence-electron chi connectivity index (χ1n) is 10.7. The third kappa shape index (κ3) is 5.97. The minimum absolute atomic E-state index is 0.114. The van der Waals surface area contributed by atoms with Crippen LogP contribution in [0.5, 0.6) is 0 Å². The number of anilines is 1. The van der Waals surface area contributed by atoms with Gasteiger partial charge in [0.15, 0.2) is 0 Å². The van der Waals surface area contributed by atoms with E-state index in [-0.39, 0.29) is 5.82 Å². The number of benzene rings is 1. The Morgan fingerprint density at radius 2 is 1.86 bits per heavy atom. The van der Waals surface area contributed by atoms with Gasteiger partial charge in [0.25, 0.3) is 0 Å². The Morgan fingerprint density at radius 1 is 1.14 bits per heavy atom. The van der Waals surface area contributed by atoms with Gasteiger partial charge in [-0.05, 0) is 63.1 Å². The van der Waals surface area contributed by atoms with Crippen LogP contribution in [0.1, 0.15) is 44.9 Å². The first-order chi connectivity index (χ1) is 13.7. The van der Waals surface area contributed by atoms with Crippen molar-refractivity contribution in [2.24, 2.45) is 5.92 Å². The Bertz CT molecular complexity index is 667. The predicted octanol–water partition coefficient (Wildman–Crippen LogP) is 4.30. The number of nitriles is 1. The molecule has 0 amide bonds. The van der Waals surface area contributed by atoms with Gasteiger partial charge < -0.3 is 10.2 Å². The molecule has 0 aromatic heterocycles. The standard InChI is InChI=1S/C23H33FN4/c1-19(5-4-13-25)26-21-10-8-20(9-11-21)12-14-27-15-17-28(18-16-27)23-7-3-2-6-22(23)24/h2-3,6-7,20-21,26H,1,4-5,8-12,14-18H2. The van der Waals surface area contributed by atoms with E-state index >= 15 is 0 Å². The molecule has 1 heterocycles. The molecule has 1 aliphatic heterocycles. The SMILES string of the molecule is C=C(CCC#N)NC1CCC(CCN2CCN(c3ccccc3F)CC2)CC1. The molecule has 2 aliphatic rings. The van der Waals surface area contributed by atoms with Crippen molar-refractivity contribution in [3.63, 3.8) is 0 Å². The van der Waals surface area contributed by atoms with Crippen LogP contribution in [-0.2, 0) is 0 Å². The fourth-order valence-corrected chi connectivity index (χ4v) is 4.45. The summed E-state index contributed by atoms with van der Waals surface area (Å²) in [5.41, 5.74) is 1.75. The van der Waals surface area contributed by atoms with Crippen LogP contribution in [0.4, 0.5) is 10.1 Å². The normalized spacial score (nSPS) is 23.2. The van der Waals surface area contributed by atoms with Crippen molar-refractivity contribution in [2.75, 3.05) is 37.6 Å². The lowest BCUT2D eigenvalue weighted by Crippen LogP contribution is -2.47. The van der Waals surface area contributed by atoms with Crippen LogP contribution in [-0.4, -0.2) is 43.7 Å². The van der Waals surface area contributed by atoms with Gasteiger partial charge in [0.2, 0.25) is 0 Å². The molecule has 5 heteroatoms. The maximum atomic E-state index is 14.0. The first kappa shape index (κ1) is 20.7. The van der Waals surface area contributed by atoms with Crippen molar-refractivity contribution >= 4 is 5.69 Å². The highest BCUT2D eigenvalue weighted by Gasteiger charge is 2.23. The summed E-state index contributed by atoms with van der Waals surface area (Å²) in [6.07, 6.45) is 7.54. The fraction of sp³-hybridized carbons (Fsp3) is 0.609. The van der Waals surface area contributed by atoms with E-state index in [2.05, 4.69) is 27.8 Å². The highest BCUT2D eigenvalue weighted by molar-refractivity contribution is 5.47. The Balaban J connectivity index is 1.32. The number of para-hydroxylation sites is 1. The van der Waals surface area contributed by atoms with Crippen LogP contribution in [0.15, 0.2) is 36.5 Å². The lowest BCUT2D eigenvalue weighted by atomic mass is 9.84. The van der Waals surface area contributed by atoms with E-state index in [4.69, 9.17) is 5.26 Å². The molecule has 0 atom stereocenters. The summed E-state index contributed by atoms with van der Waals surface area (Å²) >= 11 is 0. The number of nitrogens with zero attached hydrogens (tertiary/aromatic N) is 3. The van der Waals surface area contributed by atoms with Crippen molar-refractivity contribution in [2.45, 2.75) is 51.0 Å². The van der Waals surface area contributed by atoms with Gasteiger partial charge in [-0.3, -0.25) is 4.90 Å². The van der Waals surface area contributed by atoms with Crippen LogP contribution in [0.2, 0.25) is 0 Å². The number of hydrogen-bond acceptors (Lipinski definition) is 4. The fourth-order valence-electron chi connectivity index (χ4n) is 4.45. The number of nitrogens with one attached hydrogen (secondary N) is 1. The van der Waals surface area contributed by atoms with E-state index in [9.17, 15) is 4.39 Å². The minimum atomic E-state index is -0.114. The number of allylic oxidation sites excluding steroid dienone is 1. The number of hydrogen-bond donors (Lipinski definition) is 1. The van der Waals surface area contributed by atoms with Crippen molar-refractivity contribution in [1.29, 1.82) is 5.26 Å². The summed E-state index contributed by atoms with van der Waals surface area (Å²) in [7, 11) is 0. The van der Waals surface area contributed by atoms with E-state index in [1.807, 2.05) is 12.1 Å². The molecule has 28 heavy (non-hydrogen) atoms. The zero-order valence-electron chi connectivity index (χ0n) is 16.9. The molecule has 4 nitrogen and oxygen atoms in total. The Hall–Kier alpha value is -2.06. The molecule has 1 saturated carbocycles. The van der Waals surface area contributed by atoms with Crippen LogP contribution in [0.3, 0.4) is 0 Å². The molecule has 1 aromatic carbocycles. The average Bonchev–Trinajstić information content (AvgIpc) is 2.72. The summed E-state index contributed by atoms with van der Waals surface area (Å²) in [6, 6.07) is 9.80. The smallest absolute Gasteiger partial charge is 0.146 e. The number of halogens is 1. The number of piperazine rings is 1. The zero-order chi connectivity index (χ0) is 19.8. The maximum absolute atomic E-state index is 14.0. The highest BCUT2D eigenvalue weighted by atomic mass is 19.1. The van der Waals surface area contributed by atoms with Gasteiger partial charge in [0.05, 0.1) is 11.8 Å². The van der Waals surface area contributed by atoms with Gasteiger partial charge in [0, 0.05) is 44.3 Å². The second-order valence-corrected chi connectivity index (χ2v) is 8.19. The quantitative estimate of drug-likeness (QED) is 0.725. The lowest BCUT2D eigenvalue weighted by molar-refractivity contribution is 0.212. The molecule has 3 rings (SSSR count). The van der Waals surface area contributed by atoms with Crippen LogP contribution >= 0.6 is 0 Å². The topological polar surface area (TPSA) is 42.3 Å². The summed E-state index contributed by atoms with van der Waals surface area (Å²) < 4.78 is 14.0. The van der Waals surface area contributed by atoms with Crippen LogP contribution in [0, 0.1) is 23.1 Å². The Kier molecular flexibility index (Phi) is 7.73. The molecule has 0 radical (unpaired) electrons. The van der Waals surface area contributed by atoms with Gasteiger partial charge in [-0.25, -0.2) is 4.39 Å². The summed E-state index contributed by atoms with van der Waals surface area (Å²) in [4.78, 5) is 4.70. The average molecular weight is 385 g/mol. The Morgan fingerprint density at radius 3 is 2.54 bits per heavy atom. The van der Waals surface area contributed by atoms with Gasteiger partial charge >= 0.3 is 0 Å².